The average molecular weight is 261 g/mol. The quantitative estimate of drug-likeness (QED) is 0.865. The summed E-state index contributed by atoms with van der Waals surface area (Å²) in [5.74, 6) is 1.21. The molecule has 0 atom stereocenters. The zero-order chi connectivity index (χ0) is 13.7. The van der Waals surface area contributed by atoms with Crippen LogP contribution in [0.15, 0.2) is 34.9 Å². The minimum atomic E-state index is -0.804. The highest BCUT2D eigenvalue weighted by Gasteiger charge is 2.07. The standard InChI is InChI=1S/C14H15NO4/c1-18-11-7-5-10(6-8-11)12-9-15-13(19-12)3-2-4-14(16)17/h5-9H,2-4H2,1H3,(H,16,17). The number of hydrogen-bond donors (Lipinski definition) is 1. The lowest BCUT2D eigenvalue weighted by Gasteiger charge is -2.00. The molecule has 100 valence electrons. The number of rotatable bonds is 6. The van der Waals surface area contributed by atoms with Crippen LogP contribution < -0.4 is 4.74 Å². The predicted octanol–water partition coefficient (Wildman–Crippen LogP) is 2.76. The normalized spacial score (nSPS) is 10.4. The van der Waals surface area contributed by atoms with E-state index in [0.717, 1.165) is 11.3 Å². The van der Waals surface area contributed by atoms with Crippen LogP contribution in [0, 0.1) is 0 Å². The molecule has 0 amide bonds. The Morgan fingerprint density at radius 1 is 1.37 bits per heavy atom. The molecule has 0 saturated carbocycles. The van der Waals surface area contributed by atoms with Gasteiger partial charge in [0.2, 0.25) is 0 Å². The Morgan fingerprint density at radius 3 is 2.74 bits per heavy atom. The van der Waals surface area contributed by atoms with Crippen LogP contribution in [-0.4, -0.2) is 23.2 Å². The number of oxazole rings is 1. The van der Waals surface area contributed by atoms with Gasteiger partial charge in [0, 0.05) is 18.4 Å². The first-order valence-corrected chi connectivity index (χ1v) is 6.00. The molecule has 0 radical (unpaired) electrons. The number of methoxy groups -OCH3 is 1. The molecular formula is C14H15NO4. The summed E-state index contributed by atoms with van der Waals surface area (Å²) in [6, 6.07) is 7.48. The number of carboxylic acid groups (broad SMARTS) is 1. The molecule has 0 aliphatic rings. The summed E-state index contributed by atoms with van der Waals surface area (Å²) in [6.45, 7) is 0. The number of ether oxygens (including phenoxy) is 1. The van der Waals surface area contributed by atoms with Crippen LogP contribution in [0.2, 0.25) is 0 Å². The summed E-state index contributed by atoms with van der Waals surface area (Å²) in [4.78, 5) is 14.6. The second-order valence-corrected chi connectivity index (χ2v) is 4.09. The Kier molecular flexibility index (Phi) is 4.18. The van der Waals surface area contributed by atoms with Gasteiger partial charge in [-0.1, -0.05) is 0 Å². The van der Waals surface area contributed by atoms with Gasteiger partial charge in [0.15, 0.2) is 11.7 Å². The van der Waals surface area contributed by atoms with Crippen molar-refractivity contribution in [2.24, 2.45) is 0 Å². The van der Waals surface area contributed by atoms with Gasteiger partial charge < -0.3 is 14.3 Å². The number of aliphatic carboxylic acids is 1. The Balaban J connectivity index is 2.01. The number of hydrogen-bond acceptors (Lipinski definition) is 4. The van der Waals surface area contributed by atoms with Crippen LogP contribution in [0.1, 0.15) is 18.7 Å². The molecule has 0 unspecified atom stereocenters. The summed E-state index contributed by atoms with van der Waals surface area (Å²) in [6.07, 6.45) is 2.83. The third kappa shape index (κ3) is 3.58. The third-order valence-corrected chi connectivity index (χ3v) is 2.71. The van der Waals surface area contributed by atoms with Crippen LogP contribution in [0.5, 0.6) is 5.75 Å². The van der Waals surface area contributed by atoms with Crippen molar-refractivity contribution in [1.82, 2.24) is 4.98 Å². The lowest BCUT2D eigenvalue weighted by molar-refractivity contribution is -0.137. The minimum absolute atomic E-state index is 0.125. The smallest absolute Gasteiger partial charge is 0.303 e. The molecule has 1 N–H and O–H groups in total. The monoisotopic (exact) mass is 261 g/mol. The van der Waals surface area contributed by atoms with E-state index in [0.29, 0.717) is 24.5 Å². The van der Waals surface area contributed by atoms with Gasteiger partial charge in [0.1, 0.15) is 5.75 Å². The van der Waals surface area contributed by atoms with Crippen LogP contribution in [0.25, 0.3) is 11.3 Å². The summed E-state index contributed by atoms with van der Waals surface area (Å²) >= 11 is 0. The highest BCUT2D eigenvalue weighted by molar-refractivity contribution is 5.66. The summed E-state index contributed by atoms with van der Waals surface area (Å²) < 4.78 is 10.7. The molecule has 0 spiro atoms. The van der Waals surface area contributed by atoms with E-state index < -0.39 is 5.97 Å². The predicted molar refractivity (Wildman–Crippen MR) is 69.1 cm³/mol. The number of carbonyl (C=O) groups is 1. The van der Waals surface area contributed by atoms with Gasteiger partial charge in [0.05, 0.1) is 13.3 Å². The van der Waals surface area contributed by atoms with Crippen LogP contribution in [-0.2, 0) is 11.2 Å². The largest absolute Gasteiger partial charge is 0.497 e. The van der Waals surface area contributed by atoms with Gasteiger partial charge in [0.25, 0.3) is 0 Å². The zero-order valence-corrected chi connectivity index (χ0v) is 10.6. The third-order valence-electron chi connectivity index (χ3n) is 2.71. The first-order valence-electron chi connectivity index (χ1n) is 6.00. The molecule has 1 aromatic carbocycles. The molecule has 5 heteroatoms. The Bertz CT molecular complexity index is 545. The van der Waals surface area contributed by atoms with E-state index in [1.807, 2.05) is 24.3 Å². The highest BCUT2D eigenvalue weighted by atomic mass is 16.5. The lowest BCUT2D eigenvalue weighted by atomic mass is 10.2. The molecular weight excluding hydrogens is 246 g/mol. The van der Waals surface area contributed by atoms with Crippen molar-refractivity contribution in [3.63, 3.8) is 0 Å². The van der Waals surface area contributed by atoms with E-state index >= 15 is 0 Å². The number of carboxylic acids is 1. The van der Waals surface area contributed by atoms with Crippen molar-refractivity contribution >= 4 is 5.97 Å². The van der Waals surface area contributed by atoms with Crippen LogP contribution in [0.4, 0.5) is 0 Å². The maximum Gasteiger partial charge on any atom is 0.303 e. The fourth-order valence-electron chi connectivity index (χ4n) is 1.71. The number of aryl methyl sites for hydroxylation is 1. The topological polar surface area (TPSA) is 72.6 Å². The molecule has 2 rings (SSSR count). The van der Waals surface area contributed by atoms with Crippen molar-refractivity contribution in [2.45, 2.75) is 19.3 Å². The molecule has 0 bridgehead atoms. The lowest BCUT2D eigenvalue weighted by Crippen LogP contribution is -1.95. The van der Waals surface area contributed by atoms with E-state index in [-0.39, 0.29) is 6.42 Å². The molecule has 1 heterocycles. The summed E-state index contributed by atoms with van der Waals surface area (Å²) in [5, 5.41) is 8.56. The van der Waals surface area contributed by atoms with E-state index in [1.165, 1.54) is 0 Å². The average Bonchev–Trinajstić information content (AvgIpc) is 2.87. The fourth-order valence-corrected chi connectivity index (χ4v) is 1.71. The van der Waals surface area contributed by atoms with Crippen molar-refractivity contribution in [3.8, 4) is 17.1 Å². The van der Waals surface area contributed by atoms with Gasteiger partial charge in [-0.05, 0) is 30.7 Å². The Morgan fingerprint density at radius 2 is 2.11 bits per heavy atom. The molecule has 0 fully saturated rings. The number of aromatic nitrogens is 1. The Labute approximate surface area is 110 Å². The summed E-state index contributed by atoms with van der Waals surface area (Å²) in [5.41, 5.74) is 0.915. The zero-order valence-electron chi connectivity index (χ0n) is 10.6. The van der Waals surface area contributed by atoms with Gasteiger partial charge in [-0.15, -0.1) is 0 Å². The summed E-state index contributed by atoms with van der Waals surface area (Å²) in [7, 11) is 1.62. The molecule has 5 nitrogen and oxygen atoms in total. The second kappa shape index (κ2) is 6.04. The van der Waals surface area contributed by atoms with Crippen LogP contribution >= 0.6 is 0 Å². The van der Waals surface area contributed by atoms with Crippen molar-refractivity contribution < 1.29 is 19.1 Å². The fraction of sp³-hybridized carbons (Fsp3) is 0.286. The first kappa shape index (κ1) is 13.1. The molecule has 0 aliphatic heterocycles. The maximum atomic E-state index is 10.4. The molecule has 2 aromatic rings. The van der Waals surface area contributed by atoms with Crippen molar-refractivity contribution in [3.05, 3.63) is 36.4 Å². The Hall–Kier alpha value is -2.30. The van der Waals surface area contributed by atoms with Gasteiger partial charge in [-0.3, -0.25) is 4.79 Å². The van der Waals surface area contributed by atoms with Gasteiger partial charge in [-0.2, -0.15) is 0 Å². The van der Waals surface area contributed by atoms with Crippen LogP contribution in [0.3, 0.4) is 0 Å². The number of benzene rings is 1. The first-order chi connectivity index (χ1) is 9.19. The molecule has 0 saturated heterocycles. The van der Waals surface area contributed by atoms with Crippen molar-refractivity contribution in [1.29, 1.82) is 0 Å². The molecule has 0 aliphatic carbocycles. The van der Waals surface area contributed by atoms with Gasteiger partial charge in [-0.25, -0.2) is 4.98 Å². The van der Waals surface area contributed by atoms with E-state index in [4.69, 9.17) is 14.3 Å². The minimum Gasteiger partial charge on any atom is -0.497 e. The maximum absolute atomic E-state index is 10.4. The van der Waals surface area contributed by atoms with Crippen molar-refractivity contribution in [2.75, 3.05) is 7.11 Å². The number of nitrogens with zero attached hydrogens (tertiary/aromatic N) is 1. The molecule has 1 aromatic heterocycles. The van der Waals surface area contributed by atoms with E-state index in [2.05, 4.69) is 4.98 Å². The van der Waals surface area contributed by atoms with E-state index in [9.17, 15) is 4.79 Å². The van der Waals surface area contributed by atoms with E-state index in [1.54, 1.807) is 13.3 Å². The molecule has 19 heavy (non-hydrogen) atoms. The van der Waals surface area contributed by atoms with Gasteiger partial charge >= 0.3 is 5.97 Å². The second-order valence-electron chi connectivity index (χ2n) is 4.09. The highest BCUT2D eigenvalue weighted by Crippen LogP contribution is 2.23. The SMILES string of the molecule is COc1ccc(-c2cnc(CCCC(=O)O)o2)cc1.